The van der Waals surface area contributed by atoms with E-state index < -0.39 is 0 Å². The lowest BCUT2D eigenvalue weighted by Gasteiger charge is -2.21. The molecule has 0 bridgehead atoms. The molecule has 0 radical (unpaired) electrons. The van der Waals surface area contributed by atoms with Gasteiger partial charge in [-0.2, -0.15) is 10.5 Å². The predicted molar refractivity (Wildman–Crippen MR) is 255 cm³/mol. The van der Waals surface area contributed by atoms with Gasteiger partial charge in [-0.15, -0.1) is 0 Å². The summed E-state index contributed by atoms with van der Waals surface area (Å²) in [5.74, 6) is 3.59. The first kappa shape index (κ1) is 41.1. The van der Waals surface area contributed by atoms with Crippen molar-refractivity contribution in [2.45, 2.75) is 25.7 Å². The first-order valence-electron chi connectivity index (χ1n) is 21.4. The van der Waals surface area contributed by atoms with Crippen LogP contribution in [0.2, 0.25) is 0 Å². The second kappa shape index (κ2) is 18.0. The van der Waals surface area contributed by atoms with Crippen LogP contribution in [0.3, 0.4) is 0 Å². The zero-order valence-electron chi connectivity index (χ0n) is 35.8. The molecule has 2 fully saturated rings. The second-order valence-corrected chi connectivity index (χ2v) is 15.7. The summed E-state index contributed by atoms with van der Waals surface area (Å²) in [6.07, 6.45) is 4.33. The molecule has 12 heteroatoms. The molecule has 2 aliphatic rings. The van der Waals surface area contributed by atoms with Crippen molar-refractivity contribution in [1.82, 2.24) is 19.9 Å². The number of ether oxygens (including phenoxy) is 2. The molecule has 4 aromatic heterocycles. The number of anilines is 4. The third kappa shape index (κ3) is 7.89. The van der Waals surface area contributed by atoms with E-state index in [1.807, 2.05) is 121 Å². The molecule has 2 aliphatic heterocycles. The van der Waals surface area contributed by atoms with Gasteiger partial charge in [0.25, 0.3) is 0 Å². The lowest BCUT2D eigenvalue weighted by atomic mass is 9.97. The highest BCUT2D eigenvalue weighted by atomic mass is 16.5. The molecule has 2 saturated heterocycles. The van der Waals surface area contributed by atoms with E-state index >= 15 is 0 Å². The van der Waals surface area contributed by atoms with Gasteiger partial charge in [0.15, 0.2) is 11.6 Å². The van der Waals surface area contributed by atoms with E-state index in [0.717, 1.165) is 108 Å². The van der Waals surface area contributed by atoms with Crippen LogP contribution in [-0.4, -0.2) is 60.3 Å². The first-order chi connectivity index (χ1) is 31.4. The maximum absolute atomic E-state index is 10.1. The summed E-state index contributed by atoms with van der Waals surface area (Å²) in [6, 6.07) is 44.4. The molecule has 0 unspecified atom stereocenters. The van der Waals surface area contributed by atoms with Gasteiger partial charge in [-0.05, 0) is 84.3 Å². The predicted octanol–water partition coefficient (Wildman–Crippen LogP) is 10.1. The van der Waals surface area contributed by atoms with Crippen LogP contribution in [0.25, 0.3) is 66.6 Å². The van der Waals surface area contributed by atoms with Crippen molar-refractivity contribution in [3.63, 3.8) is 0 Å². The van der Waals surface area contributed by atoms with Gasteiger partial charge in [-0.1, -0.05) is 84.9 Å². The van der Waals surface area contributed by atoms with Crippen LogP contribution in [0, 0.1) is 22.7 Å². The molecule has 4 aromatic carbocycles. The van der Waals surface area contributed by atoms with Crippen molar-refractivity contribution in [3.05, 3.63) is 132 Å². The minimum atomic E-state index is 0.388. The van der Waals surface area contributed by atoms with Gasteiger partial charge < -0.3 is 30.7 Å². The van der Waals surface area contributed by atoms with Gasteiger partial charge in [0.05, 0.1) is 47.4 Å². The van der Waals surface area contributed by atoms with Gasteiger partial charge in [-0.25, -0.2) is 19.9 Å². The SMILES string of the molecule is COc1ccc(-c2cc(-c3ccccc3)nc3c(C#N)c(N4CCCC4)nc(N)c23)cc1.COc1ccc(-c2cc(-c3ccccc3)nc3c(C#N)c(N4CCCC4)nc(N)c23)cc1. The van der Waals surface area contributed by atoms with Crippen LogP contribution in [0.5, 0.6) is 11.5 Å². The summed E-state index contributed by atoms with van der Waals surface area (Å²) in [6.45, 7) is 3.49. The summed E-state index contributed by atoms with van der Waals surface area (Å²) in [5, 5.41) is 21.7. The normalized spacial score (nSPS) is 13.3. The van der Waals surface area contributed by atoms with E-state index in [9.17, 15) is 10.5 Å². The quantitative estimate of drug-likeness (QED) is 0.148. The molecule has 12 nitrogen and oxygen atoms in total. The fraction of sp³-hybridized carbons (Fsp3) is 0.192. The minimum absolute atomic E-state index is 0.388. The largest absolute Gasteiger partial charge is 0.497 e. The summed E-state index contributed by atoms with van der Waals surface area (Å²) in [4.78, 5) is 23.5. The number of methoxy groups -OCH3 is 2. The molecule has 316 valence electrons. The van der Waals surface area contributed by atoms with Crippen LogP contribution in [0.4, 0.5) is 23.3 Å². The lowest BCUT2D eigenvalue weighted by Crippen LogP contribution is -2.21. The highest BCUT2D eigenvalue weighted by molar-refractivity contribution is 6.08. The Bertz CT molecular complexity index is 2850. The fourth-order valence-corrected chi connectivity index (χ4v) is 8.67. The van der Waals surface area contributed by atoms with E-state index in [0.29, 0.717) is 56.2 Å². The Morgan fingerprint density at radius 1 is 0.484 bits per heavy atom. The molecule has 0 saturated carbocycles. The third-order valence-electron chi connectivity index (χ3n) is 11.9. The number of nitrogen functional groups attached to an aromatic ring is 2. The van der Waals surface area contributed by atoms with Crippen LogP contribution >= 0.6 is 0 Å². The Morgan fingerprint density at radius 2 is 0.844 bits per heavy atom. The van der Waals surface area contributed by atoms with Crippen LogP contribution < -0.4 is 30.7 Å². The summed E-state index contributed by atoms with van der Waals surface area (Å²) in [5.41, 5.74) is 22.4. The lowest BCUT2D eigenvalue weighted by molar-refractivity contribution is 0.415. The molecule has 8 aromatic rings. The molecular formula is C52H46N10O2. The van der Waals surface area contributed by atoms with Crippen molar-refractivity contribution in [1.29, 1.82) is 10.5 Å². The van der Waals surface area contributed by atoms with E-state index in [-0.39, 0.29) is 0 Å². The second-order valence-electron chi connectivity index (χ2n) is 15.7. The summed E-state index contributed by atoms with van der Waals surface area (Å²) in [7, 11) is 3.29. The maximum atomic E-state index is 10.1. The van der Waals surface area contributed by atoms with Gasteiger partial charge in [0, 0.05) is 37.3 Å². The molecule has 0 atom stereocenters. The Balaban J connectivity index is 0.000000162. The fourth-order valence-electron chi connectivity index (χ4n) is 8.67. The average Bonchev–Trinajstić information content (AvgIpc) is 4.11. The summed E-state index contributed by atoms with van der Waals surface area (Å²) >= 11 is 0. The van der Waals surface area contributed by atoms with E-state index in [2.05, 4.69) is 21.9 Å². The number of hydrogen-bond donors (Lipinski definition) is 2. The number of rotatable bonds is 8. The highest BCUT2D eigenvalue weighted by Crippen LogP contribution is 2.41. The standard InChI is InChI=1S/2C26H23N5O/c2*1-32-19-11-9-17(10-12-19)20-15-22(18-7-3-2-4-8-18)29-24-21(16-27)26(30-25(28)23(20)24)31-13-5-6-14-31/h2*2-4,7-12,15H,5-6,13-14H2,1H3,(H2,28,30). The molecule has 0 amide bonds. The van der Waals surface area contributed by atoms with Crippen molar-refractivity contribution < 1.29 is 9.47 Å². The zero-order chi connectivity index (χ0) is 44.2. The molecule has 64 heavy (non-hydrogen) atoms. The Kier molecular flexibility index (Phi) is 11.6. The number of fused-ring (bicyclic) bond motifs is 2. The van der Waals surface area contributed by atoms with Gasteiger partial charge >= 0.3 is 0 Å². The number of hydrogen-bond acceptors (Lipinski definition) is 12. The first-order valence-corrected chi connectivity index (χ1v) is 21.4. The number of benzene rings is 4. The van der Waals surface area contributed by atoms with Crippen molar-refractivity contribution in [2.24, 2.45) is 0 Å². The topological polar surface area (TPSA) is 176 Å². The van der Waals surface area contributed by atoms with Crippen LogP contribution in [0.15, 0.2) is 121 Å². The molecule has 10 rings (SSSR count). The third-order valence-corrected chi connectivity index (χ3v) is 11.9. The van der Waals surface area contributed by atoms with E-state index in [1.54, 1.807) is 14.2 Å². The summed E-state index contributed by atoms with van der Waals surface area (Å²) < 4.78 is 10.6. The Labute approximate surface area is 372 Å². The molecular weight excluding hydrogens is 797 g/mol. The van der Waals surface area contributed by atoms with Crippen molar-refractivity contribution in [2.75, 3.05) is 61.7 Å². The minimum Gasteiger partial charge on any atom is -0.497 e. The van der Waals surface area contributed by atoms with E-state index in [1.165, 1.54) is 0 Å². The van der Waals surface area contributed by atoms with Gasteiger partial charge in [0.1, 0.15) is 46.4 Å². The van der Waals surface area contributed by atoms with Gasteiger partial charge in [-0.3, -0.25) is 0 Å². The zero-order valence-corrected chi connectivity index (χ0v) is 35.8. The Morgan fingerprint density at radius 3 is 1.17 bits per heavy atom. The van der Waals surface area contributed by atoms with Crippen LogP contribution in [0.1, 0.15) is 36.8 Å². The molecule has 6 heterocycles. The molecule has 4 N–H and O–H groups in total. The number of pyridine rings is 4. The Hall–Kier alpha value is -8.22. The monoisotopic (exact) mass is 842 g/mol. The number of nitrogens with zero attached hydrogens (tertiary/aromatic N) is 8. The van der Waals surface area contributed by atoms with Gasteiger partial charge in [0.2, 0.25) is 0 Å². The number of aromatic nitrogens is 4. The number of nitriles is 2. The van der Waals surface area contributed by atoms with Crippen LogP contribution in [-0.2, 0) is 0 Å². The highest BCUT2D eigenvalue weighted by Gasteiger charge is 2.26. The maximum Gasteiger partial charge on any atom is 0.151 e. The number of nitrogens with two attached hydrogens (primary N) is 2. The van der Waals surface area contributed by atoms with E-state index in [4.69, 9.17) is 40.9 Å². The van der Waals surface area contributed by atoms with Crippen molar-refractivity contribution >= 4 is 45.1 Å². The molecule has 0 aliphatic carbocycles. The molecule has 0 spiro atoms. The average molecular weight is 843 g/mol. The smallest absolute Gasteiger partial charge is 0.151 e. The van der Waals surface area contributed by atoms with Crippen molar-refractivity contribution in [3.8, 4) is 68.4 Å².